The molecule has 1 heterocycles. The van der Waals surface area contributed by atoms with E-state index in [0.717, 1.165) is 5.56 Å². The molecule has 0 atom stereocenters. The van der Waals surface area contributed by atoms with Crippen molar-refractivity contribution >= 4 is 35.5 Å². The first-order chi connectivity index (χ1) is 7.75. The van der Waals surface area contributed by atoms with Crippen LogP contribution in [-0.4, -0.2) is 35.5 Å². The standard InChI is InChI=1S/C13H11NO2.Na.H/c15-13(16)12-7-4-8-14(10-12)9-11-5-2-1-3-6-11;;/h1-8,10H,9H2;;. The molecule has 4 heteroatoms. The van der Waals surface area contributed by atoms with Crippen molar-refractivity contribution in [1.82, 2.24) is 0 Å². The molecule has 0 aliphatic heterocycles. The van der Waals surface area contributed by atoms with Crippen molar-refractivity contribution < 1.29 is 14.5 Å². The van der Waals surface area contributed by atoms with Crippen LogP contribution in [0.15, 0.2) is 54.9 Å². The van der Waals surface area contributed by atoms with E-state index in [4.69, 9.17) is 0 Å². The molecule has 0 amide bonds. The zero-order chi connectivity index (χ0) is 11.4. The first-order valence-corrected chi connectivity index (χ1v) is 5.00. The van der Waals surface area contributed by atoms with Crippen LogP contribution in [0.1, 0.15) is 15.9 Å². The number of nitrogens with zero attached hydrogens (tertiary/aromatic N) is 1. The van der Waals surface area contributed by atoms with Crippen LogP contribution in [0.2, 0.25) is 0 Å². The van der Waals surface area contributed by atoms with Gasteiger partial charge in [0.15, 0.2) is 18.9 Å². The molecule has 0 saturated carbocycles. The average Bonchev–Trinajstić information content (AvgIpc) is 2.30. The third-order valence-corrected chi connectivity index (χ3v) is 2.30. The summed E-state index contributed by atoms with van der Waals surface area (Å²) in [5, 5.41) is 10.7. The van der Waals surface area contributed by atoms with E-state index in [2.05, 4.69) is 0 Å². The molecule has 0 saturated heterocycles. The number of carboxylic acid groups (broad SMARTS) is 1. The van der Waals surface area contributed by atoms with Crippen LogP contribution in [0.3, 0.4) is 0 Å². The number of aromatic nitrogens is 1. The first kappa shape index (κ1) is 13.9. The fraction of sp³-hybridized carbons (Fsp3) is 0.0769. The Morgan fingerprint density at radius 2 is 1.82 bits per heavy atom. The van der Waals surface area contributed by atoms with Gasteiger partial charge in [0.25, 0.3) is 0 Å². The molecule has 17 heavy (non-hydrogen) atoms. The Kier molecular flexibility index (Phi) is 5.35. The van der Waals surface area contributed by atoms with Gasteiger partial charge >= 0.3 is 29.6 Å². The van der Waals surface area contributed by atoms with Crippen molar-refractivity contribution in [1.29, 1.82) is 0 Å². The van der Waals surface area contributed by atoms with E-state index >= 15 is 0 Å². The molecular formula is C13H12NNaO2. The van der Waals surface area contributed by atoms with Crippen LogP contribution < -0.4 is 9.67 Å². The van der Waals surface area contributed by atoms with E-state index in [1.54, 1.807) is 12.3 Å². The number of benzene rings is 1. The Morgan fingerprint density at radius 3 is 2.47 bits per heavy atom. The second-order valence-corrected chi connectivity index (χ2v) is 3.54. The van der Waals surface area contributed by atoms with Crippen LogP contribution in [0.5, 0.6) is 0 Å². The SMILES string of the molecule is O=C([O-])c1ccc[n+](Cc2ccccc2)c1.[NaH]. The zero-order valence-corrected chi connectivity index (χ0v) is 8.67. The van der Waals surface area contributed by atoms with Gasteiger partial charge in [0.2, 0.25) is 0 Å². The van der Waals surface area contributed by atoms with Crippen LogP contribution in [0, 0.1) is 0 Å². The Bertz CT molecular complexity index is 500. The molecule has 0 bridgehead atoms. The van der Waals surface area contributed by atoms with Gasteiger partial charge in [-0.15, -0.1) is 0 Å². The average molecular weight is 237 g/mol. The van der Waals surface area contributed by atoms with Crippen LogP contribution in [-0.2, 0) is 6.54 Å². The molecular weight excluding hydrogens is 225 g/mol. The number of carboxylic acids is 1. The summed E-state index contributed by atoms with van der Waals surface area (Å²) < 4.78 is 1.82. The summed E-state index contributed by atoms with van der Waals surface area (Å²) in [7, 11) is 0. The number of hydrogen-bond acceptors (Lipinski definition) is 2. The van der Waals surface area contributed by atoms with Gasteiger partial charge in [-0.2, -0.15) is 0 Å². The maximum absolute atomic E-state index is 10.7. The molecule has 1 aromatic heterocycles. The van der Waals surface area contributed by atoms with Gasteiger partial charge in [-0.1, -0.05) is 30.3 Å². The molecule has 82 valence electrons. The second kappa shape index (κ2) is 6.55. The molecule has 0 N–H and O–H groups in total. The molecule has 0 spiro atoms. The summed E-state index contributed by atoms with van der Waals surface area (Å²) in [6.45, 7) is 0.655. The molecule has 0 aliphatic rings. The predicted molar refractivity (Wildman–Crippen MR) is 63.7 cm³/mol. The van der Waals surface area contributed by atoms with Gasteiger partial charge in [-0.3, -0.25) is 0 Å². The third kappa shape index (κ3) is 3.97. The van der Waals surface area contributed by atoms with Crippen molar-refractivity contribution in [2.24, 2.45) is 0 Å². The van der Waals surface area contributed by atoms with Gasteiger partial charge in [0, 0.05) is 11.6 Å². The molecule has 0 aliphatic carbocycles. The molecule has 1 aromatic carbocycles. The number of pyridine rings is 1. The number of carbonyl (C=O) groups is 1. The van der Waals surface area contributed by atoms with E-state index in [-0.39, 0.29) is 35.1 Å². The fourth-order valence-electron chi connectivity index (χ4n) is 1.54. The fourth-order valence-corrected chi connectivity index (χ4v) is 1.54. The predicted octanol–water partition coefficient (Wildman–Crippen LogP) is -0.263. The molecule has 0 unspecified atom stereocenters. The Balaban J connectivity index is 0.00000144. The van der Waals surface area contributed by atoms with E-state index < -0.39 is 5.97 Å². The Morgan fingerprint density at radius 1 is 1.12 bits per heavy atom. The molecule has 2 rings (SSSR count). The topological polar surface area (TPSA) is 44.0 Å². The molecule has 0 fully saturated rings. The van der Waals surface area contributed by atoms with Crippen LogP contribution in [0.25, 0.3) is 0 Å². The van der Waals surface area contributed by atoms with Gasteiger partial charge in [0.05, 0.1) is 11.5 Å². The summed E-state index contributed by atoms with van der Waals surface area (Å²) in [4.78, 5) is 10.7. The monoisotopic (exact) mass is 237 g/mol. The Labute approximate surface area is 122 Å². The van der Waals surface area contributed by atoms with E-state index in [0.29, 0.717) is 6.54 Å². The van der Waals surface area contributed by atoms with Gasteiger partial charge in [0.1, 0.15) is 0 Å². The minimum atomic E-state index is -1.15. The molecule has 2 aromatic rings. The summed E-state index contributed by atoms with van der Waals surface area (Å²) in [6, 6.07) is 13.1. The summed E-state index contributed by atoms with van der Waals surface area (Å²) in [6.07, 6.45) is 3.40. The van der Waals surface area contributed by atoms with Crippen LogP contribution >= 0.6 is 0 Å². The number of carbonyl (C=O) groups excluding carboxylic acids is 1. The summed E-state index contributed by atoms with van der Waals surface area (Å²) in [5.74, 6) is -1.15. The van der Waals surface area contributed by atoms with Crippen molar-refractivity contribution in [3.8, 4) is 0 Å². The van der Waals surface area contributed by atoms with Gasteiger partial charge < -0.3 is 9.90 Å². The van der Waals surface area contributed by atoms with Crippen molar-refractivity contribution in [3.05, 3.63) is 66.0 Å². The van der Waals surface area contributed by atoms with E-state index in [1.165, 1.54) is 6.07 Å². The number of hydrogen-bond donors (Lipinski definition) is 0. The normalized spacial score (nSPS) is 9.41. The maximum atomic E-state index is 10.7. The Hall–Kier alpha value is -1.16. The zero-order valence-electron chi connectivity index (χ0n) is 8.67. The van der Waals surface area contributed by atoms with Gasteiger partial charge in [-0.05, 0) is 6.07 Å². The van der Waals surface area contributed by atoms with Crippen LogP contribution in [0.4, 0.5) is 0 Å². The minimum absolute atomic E-state index is 0. The van der Waals surface area contributed by atoms with E-state index in [1.807, 2.05) is 41.1 Å². The summed E-state index contributed by atoms with van der Waals surface area (Å²) >= 11 is 0. The van der Waals surface area contributed by atoms with Crippen molar-refractivity contribution in [2.75, 3.05) is 0 Å². The summed E-state index contributed by atoms with van der Waals surface area (Å²) in [5.41, 5.74) is 1.32. The molecule has 3 nitrogen and oxygen atoms in total. The number of aromatic carboxylic acids is 1. The first-order valence-electron chi connectivity index (χ1n) is 5.00. The van der Waals surface area contributed by atoms with Crippen molar-refractivity contribution in [2.45, 2.75) is 6.54 Å². The van der Waals surface area contributed by atoms with Gasteiger partial charge in [-0.25, -0.2) is 4.57 Å². The number of rotatable bonds is 3. The quantitative estimate of drug-likeness (QED) is 0.545. The second-order valence-electron chi connectivity index (χ2n) is 3.54. The third-order valence-electron chi connectivity index (χ3n) is 2.30. The van der Waals surface area contributed by atoms with E-state index in [9.17, 15) is 9.90 Å². The molecule has 0 radical (unpaired) electrons. The van der Waals surface area contributed by atoms with Crippen molar-refractivity contribution in [3.63, 3.8) is 0 Å².